The van der Waals surface area contributed by atoms with Crippen LogP contribution < -0.4 is 0 Å². The number of hydrogen-bond acceptors (Lipinski definition) is 8. The van der Waals surface area contributed by atoms with Gasteiger partial charge >= 0.3 is 11.9 Å². The first kappa shape index (κ1) is 39.0. The Labute approximate surface area is 225 Å². The van der Waals surface area contributed by atoms with Crippen molar-refractivity contribution in [3.8, 4) is 0 Å². The number of carbonyl (C=O) groups is 5. The molecule has 0 rings (SSSR count). The molecule has 2 N–H and O–H groups in total. The zero-order chi connectivity index (χ0) is 30.8. The molecule has 0 radical (unpaired) electrons. The molecule has 0 aliphatic rings. The molecule has 0 fully saturated rings. The van der Waals surface area contributed by atoms with Crippen molar-refractivity contribution in [2.75, 3.05) is 33.7 Å². The number of carboxylic acids is 2. The van der Waals surface area contributed by atoms with Gasteiger partial charge in [-0.05, 0) is 56.6 Å². The Bertz CT molecular complexity index is 881. The van der Waals surface area contributed by atoms with Gasteiger partial charge in [-0.3, -0.25) is 19.2 Å². The fourth-order valence-corrected chi connectivity index (χ4v) is 2.26. The fourth-order valence-electron chi connectivity index (χ4n) is 2.26. The van der Waals surface area contributed by atoms with E-state index >= 15 is 0 Å². The molecule has 18 nitrogen and oxygen atoms in total. The zero-order valence-corrected chi connectivity index (χ0v) is 22.9. The molecule has 0 aromatic rings. The van der Waals surface area contributed by atoms with E-state index in [1.807, 2.05) is 0 Å². The van der Waals surface area contributed by atoms with Crippen LogP contribution in [0.1, 0.15) is 59.3 Å². The minimum atomic E-state index is -1.04. The number of azide groups is 3. The molecule has 0 aliphatic heterocycles. The van der Waals surface area contributed by atoms with E-state index in [4.69, 9.17) is 26.8 Å². The van der Waals surface area contributed by atoms with Gasteiger partial charge in [0.25, 0.3) is 0 Å². The molecule has 0 aromatic heterocycles. The molecule has 0 bridgehead atoms. The van der Waals surface area contributed by atoms with Crippen LogP contribution in [0.4, 0.5) is 0 Å². The third-order valence-corrected chi connectivity index (χ3v) is 5.03. The molecule has 0 saturated carbocycles. The first-order valence-electron chi connectivity index (χ1n) is 11.8. The summed E-state index contributed by atoms with van der Waals surface area (Å²) in [5.74, 6) is -2.31. The number of aliphatic carboxylic acids is 2. The van der Waals surface area contributed by atoms with Crippen LogP contribution in [0, 0.1) is 0 Å². The van der Waals surface area contributed by atoms with Crippen molar-refractivity contribution in [2.45, 2.75) is 71.4 Å². The second kappa shape index (κ2) is 25.1. The Hall–Kier alpha value is -4.52. The molecule has 0 aromatic carbocycles. The molecule has 0 spiro atoms. The maximum atomic E-state index is 11.5. The van der Waals surface area contributed by atoms with Gasteiger partial charge in [-0.2, -0.15) is 0 Å². The topological polar surface area (TPSA) is 279 Å². The maximum absolute atomic E-state index is 11.5. The number of hydrogen-bond donors (Lipinski definition) is 2. The van der Waals surface area contributed by atoms with Crippen molar-refractivity contribution in [1.82, 2.24) is 9.80 Å². The van der Waals surface area contributed by atoms with Crippen LogP contribution in [-0.4, -0.2) is 95.4 Å². The van der Waals surface area contributed by atoms with Crippen molar-refractivity contribution < 1.29 is 34.2 Å². The summed E-state index contributed by atoms with van der Waals surface area (Å²) in [6, 6.07) is -1.23. The largest absolute Gasteiger partial charge is 0.481 e. The summed E-state index contributed by atoms with van der Waals surface area (Å²) in [5, 5.41) is 26.5. The van der Waals surface area contributed by atoms with Gasteiger partial charge in [0.05, 0.1) is 6.04 Å². The highest BCUT2D eigenvalue weighted by atomic mass is 16.4. The lowest BCUT2D eigenvalue weighted by Gasteiger charge is -2.22. The molecule has 2 amide bonds. The monoisotopic (exact) mass is 555 g/mol. The number of carbonyl (C=O) groups excluding carboxylic acids is 3. The van der Waals surface area contributed by atoms with Crippen LogP contribution in [0.5, 0.6) is 0 Å². The lowest BCUT2D eigenvalue weighted by molar-refractivity contribution is -0.148. The highest BCUT2D eigenvalue weighted by molar-refractivity contribution is 5.87. The van der Waals surface area contributed by atoms with Crippen LogP contribution >= 0.6 is 0 Å². The van der Waals surface area contributed by atoms with E-state index in [1.54, 1.807) is 14.0 Å². The van der Waals surface area contributed by atoms with E-state index in [0.717, 1.165) is 0 Å². The zero-order valence-electron chi connectivity index (χ0n) is 22.9. The predicted molar refractivity (Wildman–Crippen MR) is 140 cm³/mol. The molecule has 218 valence electrons. The second-order valence-electron chi connectivity index (χ2n) is 7.88. The Balaban J connectivity index is -0.000000516. The smallest absolute Gasteiger partial charge is 0.326 e. The van der Waals surface area contributed by atoms with E-state index in [1.165, 1.54) is 30.7 Å². The summed E-state index contributed by atoms with van der Waals surface area (Å²) in [4.78, 5) is 64.4. The van der Waals surface area contributed by atoms with Crippen LogP contribution in [0.2, 0.25) is 0 Å². The number of amides is 2. The minimum Gasteiger partial charge on any atom is -0.481 e. The highest BCUT2D eigenvalue weighted by Gasteiger charge is 2.21. The van der Waals surface area contributed by atoms with Crippen molar-refractivity contribution >= 4 is 29.5 Å². The number of ketones is 1. The number of nitrogens with zero attached hydrogens (tertiary/aromatic N) is 11. The molecule has 2 atom stereocenters. The molecular weight excluding hydrogens is 518 g/mol. The first-order valence-corrected chi connectivity index (χ1v) is 11.8. The summed E-state index contributed by atoms with van der Waals surface area (Å²) in [6.45, 7) is 5.40. The lowest BCUT2D eigenvalue weighted by atomic mass is 10.2. The number of Topliss-reactive ketones (excluding diaryl/α,β-unsaturated/α-hetero) is 1. The predicted octanol–water partition coefficient (Wildman–Crippen LogP) is 3.68. The normalized spacial score (nSPS) is 10.6. The van der Waals surface area contributed by atoms with Gasteiger partial charge < -0.3 is 20.0 Å². The summed E-state index contributed by atoms with van der Waals surface area (Å²) < 4.78 is 0. The van der Waals surface area contributed by atoms with Crippen LogP contribution in [0.3, 0.4) is 0 Å². The van der Waals surface area contributed by atoms with Crippen molar-refractivity contribution in [1.29, 1.82) is 0 Å². The van der Waals surface area contributed by atoms with Crippen LogP contribution in [0.25, 0.3) is 31.3 Å². The number of likely N-dealkylation sites (N-methyl/N-ethyl adjacent to an activating group) is 2. The van der Waals surface area contributed by atoms with Gasteiger partial charge in [-0.15, -0.1) is 0 Å². The van der Waals surface area contributed by atoms with Crippen molar-refractivity contribution in [3.63, 3.8) is 0 Å². The fraction of sp³-hybridized carbons (Fsp3) is 0.762. The van der Waals surface area contributed by atoms with Gasteiger partial charge in [0.2, 0.25) is 11.8 Å². The quantitative estimate of drug-likeness (QED) is 0.123. The standard InChI is InChI=1S/C9H16N4O2.C8H14N4O3.C4H7N3O2/c1-7(8(2)14)13(3)9(15)5-4-6-11-12-10;1-6(8(14)15)12(2)7(13)4-3-5-10-11-9;5-7-6-3-1-2-4(8)9/h7H,4-6H2,1-3H3;6H,3-5H2,1-2H3,(H,14,15);1-3H2,(H,8,9)/t7-;6-;/m00./s1. The van der Waals surface area contributed by atoms with Gasteiger partial charge in [0.15, 0.2) is 5.78 Å². The van der Waals surface area contributed by atoms with Crippen LogP contribution in [-0.2, 0) is 24.0 Å². The Morgan fingerprint density at radius 3 is 1.31 bits per heavy atom. The third-order valence-electron chi connectivity index (χ3n) is 5.03. The van der Waals surface area contributed by atoms with Gasteiger partial charge in [-0.25, -0.2) is 4.79 Å². The van der Waals surface area contributed by atoms with E-state index in [0.29, 0.717) is 32.2 Å². The molecule has 18 heteroatoms. The molecule has 0 aliphatic carbocycles. The molecule has 39 heavy (non-hydrogen) atoms. The molecule has 0 saturated heterocycles. The average molecular weight is 556 g/mol. The third kappa shape index (κ3) is 23.6. The Morgan fingerprint density at radius 2 is 1.03 bits per heavy atom. The van der Waals surface area contributed by atoms with E-state index in [9.17, 15) is 24.0 Å². The molecule has 0 heterocycles. The van der Waals surface area contributed by atoms with E-state index < -0.39 is 24.0 Å². The van der Waals surface area contributed by atoms with Crippen molar-refractivity contribution in [2.24, 2.45) is 15.3 Å². The van der Waals surface area contributed by atoms with Crippen LogP contribution in [0.15, 0.2) is 15.3 Å². The molecule has 0 unspecified atom stereocenters. The van der Waals surface area contributed by atoms with Gasteiger partial charge in [-0.1, -0.05) is 15.3 Å². The first-order chi connectivity index (χ1) is 18.3. The average Bonchev–Trinajstić information content (AvgIpc) is 2.90. The Kier molecular flexibility index (Phi) is 25.1. The Morgan fingerprint density at radius 1 is 0.692 bits per heavy atom. The minimum absolute atomic E-state index is 0.0408. The molecular formula is C21H37N11O7. The highest BCUT2D eigenvalue weighted by Crippen LogP contribution is 2.03. The van der Waals surface area contributed by atoms with Gasteiger partial charge in [0.1, 0.15) is 6.04 Å². The van der Waals surface area contributed by atoms with Gasteiger partial charge in [0, 0.05) is 67.7 Å². The summed E-state index contributed by atoms with van der Waals surface area (Å²) >= 11 is 0. The summed E-state index contributed by atoms with van der Waals surface area (Å²) in [5.41, 5.74) is 23.7. The van der Waals surface area contributed by atoms with Crippen molar-refractivity contribution in [3.05, 3.63) is 31.3 Å². The lowest BCUT2D eigenvalue weighted by Crippen LogP contribution is -2.40. The summed E-state index contributed by atoms with van der Waals surface area (Å²) in [7, 11) is 3.04. The van der Waals surface area contributed by atoms with E-state index in [-0.39, 0.29) is 43.5 Å². The maximum Gasteiger partial charge on any atom is 0.326 e. The second-order valence-corrected chi connectivity index (χ2v) is 7.88. The number of rotatable bonds is 16. The number of carboxylic acid groups (broad SMARTS) is 2. The van der Waals surface area contributed by atoms with E-state index in [2.05, 4.69) is 30.1 Å². The summed E-state index contributed by atoms with van der Waals surface area (Å²) in [6.07, 6.45) is 1.91. The SMILES string of the molecule is CC(=O)[C@H](C)N(C)C(=O)CCCN=[N+]=[N-].C[C@@H](C(=O)O)N(C)C(=O)CCCN=[N+]=[N-].[N-]=[N+]=NCCCC(=O)O.